The summed E-state index contributed by atoms with van der Waals surface area (Å²) >= 11 is 0. The van der Waals surface area contributed by atoms with Gasteiger partial charge in [-0.15, -0.1) is 0 Å². The van der Waals surface area contributed by atoms with Crippen LogP contribution in [0.2, 0.25) is 0 Å². The highest BCUT2D eigenvalue weighted by molar-refractivity contribution is 6.08. The van der Waals surface area contributed by atoms with E-state index in [1.165, 1.54) is 66.1 Å². The number of hydrogen-bond donors (Lipinski definition) is 0. The summed E-state index contributed by atoms with van der Waals surface area (Å²) in [6, 6.07) is 26.0. The van der Waals surface area contributed by atoms with Crippen molar-refractivity contribution >= 4 is 21.8 Å². The molecule has 5 rings (SSSR count). The minimum absolute atomic E-state index is 0.770. The largest absolute Gasteiger partial charge is 0.492 e. The van der Waals surface area contributed by atoms with Gasteiger partial charge in [0.15, 0.2) is 0 Å². The second-order valence-corrected chi connectivity index (χ2v) is 8.37. The Balaban J connectivity index is 1.27. The first kappa shape index (κ1) is 19.2. The van der Waals surface area contributed by atoms with Crippen molar-refractivity contribution in [3.63, 3.8) is 0 Å². The van der Waals surface area contributed by atoms with Crippen molar-refractivity contribution in [3.05, 3.63) is 78.4 Å². The first-order chi connectivity index (χ1) is 14.9. The van der Waals surface area contributed by atoms with Crippen LogP contribution in [0.25, 0.3) is 21.8 Å². The molecule has 30 heavy (non-hydrogen) atoms. The van der Waals surface area contributed by atoms with Gasteiger partial charge >= 0.3 is 0 Å². The molecule has 3 aromatic carbocycles. The van der Waals surface area contributed by atoms with Gasteiger partial charge in [0.05, 0.1) is 0 Å². The van der Waals surface area contributed by atoms with E-state index in [0.29, 0.717) is 0 Å². The molecule has 0 bridgehead atoms. The smallest absolute Gasteiger partial charge is 0.119 e. The molecule has 0 radical (unpaired) electrons. The Bertz CT molecular complexity index is 1050. The predicted molar refractivity (Wildman–Crippen MR) is 125 cm³/mol. The Hall–Kier alpha value is -2.78. The zero-order chi connectivity index (χ0) is 20.2. The Morgan fingerprint density at radius 3 is 1.90 bits per heavy atom. The van der Waals surface area contributed by atoms with Crippen LogP contribution in [0.3, 0.4) is 0 Å². The number of rotatable bonds is 6. The monoisotopic (exact) mass is 398 g/mol. The van der Waals surface area contributed by atoms with E-state index in [1.807, 2.05) is 0 Å². The molecule has 0 N–H and O–H groups in total. The van der Waals surface area contributed by atoms with Gasteiger partial charge in [0.2, 0.25) is 0 Å². The third-order valence-electron chi connectivity index (χ3n) is 6.32. The first-order valence-electron chi connectivity index (χ1n) is 11.3. The Morgan fingerprint density at radius 1 is 0.667 bits per heavy atom. The molecule has 0 saturated carbocycles. The third-order valence-corrected chi connectivity index (χ3v) is 6.32. The topological polar surface area (TPSA) is 17.4 Å². The highest BCUT2D eigenvalue weighted by atomic mass is 16.5. The van der Waals surface area contributed by atoms with Crippen molar-refractivity contribution in [2.75, 3.05) is 26.2 Å². The molecule has 0 amide bonds. The minimum atomic E-state index is 0.770. The zero-order valence-electron chi connectivity index (χ0n) is 17.6. The van der Waals surface area contributed by atoms with Crippen molar-refractivity contribution in [2.45, 2.75) is 32.2 Å². The maximum absolute atomic E-state index is 6.03. The molecule has 0 atom stereocenters. The number of para-hydroxylation sites is 2. The maximum Gasteiger partial charge on any atom is 0.119 e. The molecule has 1 saturated heterocycles. The number of fused-ring (bicyclic) bond motifs is 3. The number of likely N-dealkylation sites (tertiary alicyclic amines) is 1. The van der Waals surface area contributed by atoms with Crippen LogP contribution in [-0.2, 0) is 6.54 Å². The first-order valence-corrected chi connectivity index (χ1v) is 11.3. The van der Waals surface area contributed by atoms with Gasteiger partial charge in [-0.25, -0.2) is 0 Å². The molecule has 154 valence electrons. The van der Waals surface area contributed by atoms with E-state index < -0.39 is 0 Å². The molecular weight excluding hydrogens is 368 g/mol. The van der Waals surface area contributed by atoms with Gasteiger partial charge < -0.3 is 9.30 Å². The number of aromatic nitrogens is 1. The summed E-state index contributed by atoms with van der Waals surface area (Å²) in [4.78, 5) is 2.55. The predicted octanol–water partition coefficient (Wildman–Crippen LogP) is 6.10. The second kappa shape index (κ2) is 8.93. The van der Waals surface area contributed by atoms with Crippen molar-refractivity contribution in [1.82, 2.24) is 9.47 Å². The lowest BCUT2D eigenvalue weighted by molar-refractivity contribution is 0.214. The minimum Gasteiger partial charge on any atom is -0.492 e. The van der Waals surface area contributed by atoms with Crippen LogP contribution >= 0.6 is 0 Å². The summed E-state index contributed by atoms with van der Waals surface area (Å²) in [6.45, 7) is 5.11. The van der Waals surface area contributed by atoms with E-state index in [0.717, 1.165) is 25.4 Å². The molecule has 1 fully saturated rings. The van der Waals surface area contributed by atoms with Crippen LogP contribution in [0.5, 0.6) is 5.75 Å². The normalized spacial score (nSPS) is 15.5. The number of ether oxygens (including phenoxy) is 1. The van der Waals surface area contributed by atoms with Gasteiger partial charge in [-0.3, -0.25) is 4.90 Å². The van der Waals surface area contributed by atoms with Gasteiger partial charge in [0.1, 0.15) is 12.4 Å². The van der Waals surface area contributed by atoms with Crippen molar-refractivity contribution in [1.29, 1.82) is 0 Å². The molecule has 1 aromatic heterocycles. The van der Waals surface area contributed by atoms with Gasteiger partial charge in [-0.2, -0.15) is 0 Å². The summed E-state index contributed by atoms with van der Waals surface area (Å²) in [7, 11) is 0. The van der Waals surface area contributed by atoms with E-state index in [4.69, 9.17) is 4.74 Å². The lowest BCUT2D eigenvalue weighted by atomic mass is 10.2. The van der Waals surface area contributed by atoms with Gasteiger partial charge in [0, 0.05) is 34.9 Å². The zero-order valence-corrected chi connectivity index (χ0v) is 17.6. The highest BCUT2D eigenvalue weighted by Crippen LogP contribution is 2.29. The van der Waals surface area contributed by atoms with Crippen LogP contribution < -0.4 is 4.74 Å². The van der Waals surface area contributed by atoms with E-state index in [9.17, 15) is 0 Å². The fraction of sp³-hybridized carbons (Fsp3) is 0.333. The van der Waals surface area contributed by atoms with Crippen LogP contribution in [0.15, 0.2) is 72.8 Å². The van der Waals surface area contributed by atoms with E-state index >= 15 is 0 Å². The third kappa shape index (κ3) is 4.08. The molecule has 1 aliphatic rings. The van der Waals surface area contributed by atoms with Crippen LogP contribution in [0, 0.1) is 0 Å². The van der Waals surface area contributed by atoms with Gasteiger partial charge in [-0.1, -0.05) is 61.4 Å². The number of benzene rings is 3. The fourth-order valence-corrected chi connectivity index (χ4v) is 4.70. The lowest BCUT2D eigenvalue weighted by Gasteiger charge is -2.19. The Morgan fingerprint density at radius 2 is 1.27 bits per heavy atom. The standard InChI is InChI=1S/C27H30N2O/c1-2-8-18-28(17-7-1)19-20-30-23-15-13-22(14-16-23)21-29-26-11-5-3-9-24(26)25-10-4-6-12-27(25)29/h3-6,9-16H,1-2,7-8,17-21H2. The molecule has 4 aromatic rings. The number of nitrogens with zero attached hydrogens (tertiary/aromatic N) is 2. The molecule has 0 spiro atoms. The van der Waals surface area contributed by atoms with E-state index in [1.54, 1.807) is 0 Å². The quantitative estimate of drug-likeness (QED) is 0.390. The summed E-state index contributed by atoms with van der Waals surface area (Å²) < 4.78 is 8.45. The molecule has 3 nitrogen and oxygen atoms in total. The molecule has 2 heterocycles. The van der Waals surface area contributed by atoms with Crippen LogP contribution in [0.4, 0.5) is 0 Å². The van der Waals surface area contributed by atoms with E-state index in [-0.39, 0.29) is 0 Å². The second-order valence-electron chi connectivity index (χ2n) is 8.37. The number of hydrogen-bond acceptors (Lipinski definition) is 2. The summed E-state index contributed by atoms with van der Waals surface area (Å²) in [5.74, 6) is 0.968. The van der Waals surface area contributed by atoms with E-state index in [2.05, 4.69) is 82.3 Å². The fourth-order valence-electron chi connectivity index (χ4n) is 4.70. The average Bonchev–Trinajstić information content (AvgIpc) is 2.93. The average molecular weight is 399 g/mol. The van der Waals surface area contributed by atoms with Gasteiger partial charge in [-0.05, 0) is 55.8 Å². The highest BCUT2D eigenvalue weighted by Gasteiger charge is 2.11. The summed E-state index contributed by atoms with van der Waals surface area (Å²) in [6.07, 6.45) is 5.42. The molecular formula is C27H30N2O. The molecule has 0 unspecified atom stereocenters. The molecule has 0 aliphatic carbocycles. The van der Waals surface area contributed by atoms with Crippen LogP contribution in [0.1, 0.15) is 31.2 Å². The van der Waals surface area contributed by atoms with Crippen LogP contribution in [-0.4, -0.2) is 35.7 Å². The SMILES string of the molecule is c1ccc2c(c1)c1ccccc1n2Cc1ccc(OCCN2CCCCCC2)cc1. The Labute approximate surface area is 178 Å². The van der Waals surface area contributed by atoms with Crippen molar-refractivity contribution in [3.8, 4) is 5.75 Å². The summed E-state index contributed by atoms with van der Waals surface area (Å²) in [5, 5.41) is 2.64. The van der Waals surface area contributed by atoms with Gasteiger partial charge in [0.25, 0.3) is 0 Å². The summed E-state index contributed by atoms with van der Waals surface area (Å²) in [5.41, 5.74) is 3.87. The Kier molecular flexibility index (Phi) is 5.71. The lowest BCUT2D eigenvalue weighted by Crippen LogP contribution is -2.29. The maximum atomic E-state index is 6.03. The van der Waals surface area contributed by atoms with Crippen molar-refractivity contribution in [2.24, 2.45) is 0 Å². The van der Waals surface area contributed by atoms with Crippen molar-refractivity contribution < 1.29 is 4.74 Å². The molecule has 3 heteroatoms. The molecule has 1 aliphatic heterocycles.